The number of hydrogen-bond donors (Lipinski definition) is 1. The molecule has 0 radical (unpaired) electrons. The predicted octanol–water partition coefficient (Wildman–Crippen LogP) is 6.34. The average Bonchev–Trinajstić information content (AvgIpc) is 3.44. The van der Waals surface area contributed by atoms with E-state index in [0.717, 1.165) is 36.8 Å². The zero-order valence-corrected chi connectivity index (χ0v) is 22.2. The zero-order valence-electron chi connectivity index (χ0n) is 21.5. The second-order valence-electron chi connectivity index (χ2n) is 9.75. The number of carbonyl (C=O) groups excluding carboxylic acids is 2. The molecule has 1 atom stereocenters. The monoisotopic (exact) mass is 536 g/mol. The fraction of sp³-hybridized carbons (Fsp3) is 0.355. The number of nitrogens with zero attached hydrogens (tertiary/aromatic N) is 1. The summed E-state index contributed by atoms with van der Waals surface area (Å²) >= 11 is 5.93. The van der Waals surface area contributed by atoms with Crippen molar-refractivity contribution in [1.29, 1.82) is 0 Å². The van der Waals surface area contributed by atoms with E-state index in [0.29, 0.717) is 30.2 Å². The van der Waals surface area contributed by atoms with Crippen molar-refractivity contribution in [3.8, 4) is 5.75 Å². The van der Waals surface area contributed by atoms with Crippen molar-refractivity contribution < 1.29 is 18.7 Å². The molecule has 3 aromatic rings. The van der Waals surface area contributed by atoms with Gasteiger partial charge in [-0.2, -0.15) is 0 Å². The van der Waals surface area contributed by atoms with Crippen LogP contribution in [0.4, 0.5) is 4.39 Å². The van der Waals surface area contributed by atoms with Crippen LogP contribution in [0.2, 0.25) is 5.02 Å². The minimum absolute atomic E-state index is 0.135. The summed E-state index contributed by atoms with van der Waals surface area (Å²) < 4.78 is 19.4. The van der Waals surface area contributed by atoms with Crippen molar-refractivity contribution in [2.75, 3.05) is 6.61 Å². The second-order valence-corrected chi connectivity index (χ2v) is 10.2. The highest BCUT2D eigenvalue weighted by molar-refractivity contribution is 6.30. The lowest BCUT2D eigenvalue weighted by Gasteiger charge is -2.32. The largest absolute Gasteiger partial charge is 0.494 e. The first-order valence-corrected chi connectivity index (χ1v) is 13.6. The molecule has 0 aromatic heterocycles. The van der Waals surface area contributed by atoms with E-state index < -0.39 is 6.04 Å². The molecular weight excluding hydrogens is 503 g/mol. The molecule has 200 valence electrons. The Kier molecular flexibility index (Phi) is 10.2. The highest BCUT2D eigenvalue weighted by Crippen LogP contribution is 2.21. The van der Waals surface area contributed by atoms with Gasteiger partial charge in [-0.1, -0.05) is 66.9 Å². The van der Waals surface area contributed by atoms with E-state index in [1.165, 1.54) is 12.1 Å². The maximum atomic E-state index is 13.6. The number of benzene rings is 3. The maximum Gasteiger partial charge on any atom is 0.243 e. The first-order valence-electron chi connectivity index (χ1n) is 13.2. The Hall–Kier alpha value is -3.38. The van der Waals surface area contributed by atoms with Gasteiger partial charge in [0, 0.05) is 30.5 Å². The molecule has 0 bridgehead atoms. The van der Waals surface area contributed by atoms with Gasteiger partial charge in [-0.3, -0.25) is 9.59 Å². The van der Waals surface area contributed by atoms with Gasteiger partial charge in [0.1, 0.15) is 17.6 Å². The standard InChI is InChI=1S/C31H34ClFN2O3/c32-25-14-18-28(19-15-25)38-20-6-11-30(36)35(22-24-12-16-26(33)17-13-24)29(21-23-7-2-1-3-8-23)31(37)34-27-9-4-5-10-27/h1-3,7-8,12-19,27,29H,4-6,9-11,20-22H2,(H,34,37). The summed E-state index contributed by atoms with van der Waals surface area (Å²) in [6.45, 7) is 0.572. The number of hydrogen-bond acceptors (Lipinski definition) is 3. The van der Waals surface area contributed by atoms with Crippen molar-refractivity contribution in [3.05, 3.63) is 101 Å². The van der Waals surface area contributed by atoms with Gasteiger partial charge >= 0.3 is 0 Å². The SMILES string of the molecule is O=C(NC1CCCC1)C(Cc1ccccc1)N(Cc1ccc(F)cc1)C(=O)CCCOc1ccc(Cl)cc1. The number of rotatable bonds is 12. The van der Waals surface area contributed by atoms with Crippen molar-refractivity contribution >= 4 is 23.4 Å². The molecule has 4 rings (SSSR count). The van der Waals surface area contributed by atoms with Gasteiger partial charge in [-0.25, -0.2) is 4.39 Å². The Morgan fingerprint density at radius 1 is 0.947 bits per heavy atom. The Labute approximate surface area is 228 Å². The molecule has 5 nitrogen and oxygen atoms in total. The fourth-order valence-electron chi connectivity index (χ4n) is 4.80. The summed E-state index contributed by atoms with van der Waals surface area (Å²) in [6.07, 6.45) is 5.21. The molecule has 0 aliphatic heterocycles. The quantitative estimate of drug-likeness (QED) is 0.275. The van der Waals surface area contributed by atoms with Crippen LogP contribution in [0.15, 0.2) is 78.9 Å². The Morgan fingerprint density at radius 2 is 1.63 bits per heavy atom. The molecule has 0 heterocycles. The summed E-state index contributed by atoms with van der Waals surface area (Å²) in [6, 6.07) is 22.3. The highest BCUT2D eigenvalue weighted by atomic mass is 35.5. The third-order valence-electron chi connectivity index (χ3n) is 6.86. The Morgan fingerprint density at radius 3 is 2.32 bits per heavy atom. The van der Waals surface area contributed by atoms with E-state index in [9.17, 15) is 14.0 Å². The molecule has 2 amide bonds. The summed E-state index contributed by atoms with van der Waals surface area (Å²) in [5.74, 6) is 0.0545. The van der Waals surface area contributed by atoms with Crippen LogP contribution in [0.5, 0.6) is 5.75 Å². The van der Waals surface area contributed by atoms with E-state index in [1.54, 1.807) is 41.3 Å². The van der Waals surface area contributed by atoms with E-state index in [2.05, 4.69) is 5.32 Å². The van der Waals surface area contributed by atoms with Crippen LogP contribution in [0.1, 0.15) is 49.7 Å². The Balaban J connectivity index is 1.50. The van der Waals surface area contributed by atoms with Gasteiger partial charge in [-0.05, 0) is 66.8 Å². The average molecular weight is 537 g/mol. The van der Waals surface area contributed by atoms with E-state index in [-0.39, 0.29) is 36.6 Å². The van der Waals surface area contributed by atoms with Crippen LogP contribution in [0, 0.1) is 5.82 Å². The number of amides is 2. The second kappa shape index (κ2) is 14.0. The zero-order chi connectivity index (χ0) is 26.7. The van der Waals surface area contributed by atoms with Crippen molar-refractivity contribution in [1.82, 2.24) is 10.2 Å². The lowest BCUT2D eigenvalue weighted by molar-refractivity contribution is -0.141. The van der Waals surface area contributed by atoms with Gasteiger partial charge in [0.15, 0.2) is 0 Å². The molecule has 0 saturated heterocycles. The first-order chi connectivity index (χ1) is 18.5. The lowest BCUT2D eigenvalue weighted by atomic mass is 10.0. The van der Waals surface area contributed by atoms with Gasteiger partial charge in [0.25, 0.3) is 0 Å². The van der Waals surface area contributed by atoms with E-state index in [4.69, 9.17) is 16.3 Å². The van der Waals surface area contributed by atoms with Crippen molar-refractivity contribution in [2.45, 2.75) is 63.6 Å². The van der Waals surface area contributed by atoms with Crippen LogP contribution in [0.25, 0.3) is 0 Å². The molecule has 7 heteroatoms. The maximum absolute atomic E-state index is 13.6. The van der Waals surface area contributed by atoms with Gasteiger partial charge in [0.2, 0.25) is 11.8 Å². The summed E-state index contributed by atoms with van der Waals surface area (Å²) in [7, 11) is 0. The van der Waals surface area contributed by atoms with E-state index in [1.807, 2.05) is 30.3 Å². The van der Waals surface area contributed by atoms with Gasteiger partial charge < -0.3 is 15.0 Å². The third kappa shape index (κ3) is 8.32. The Bertz CT molecular complexity index is 1170. The predicted molar refractivity (Wildman–Crippen MR) is 147 cm³/mol. The smallest absolute Gasteiger partial charge is 0.243 e. The van der Waals surface area contributed by atoms with Crippen molar-refractivity contribution in [2.24, 2.45) is 0 Å². The number of carbonyl (C=O) groups is 2. The summed E-state index contributed by atoms with van der Waals surface area (Å²) in [4.78, 5) is 28.9. The van der Waals surface area contributed by atoms with Crippen LogP contribution >= 0.6 is 11.6 Å². The summed E-state index contributed by atoms with van der Waals surface area (Å²) in [5.41, 5.74) is 1.74. The topological polar surface area (TPSA) is 58.6 Å². The molecule has 3 aromatic carbocycles. The van der Waals surface area contributed by atoms with Crippen LogP contribution < -0.4 is 10.1 Å². The van der Waals surface area contributed by atoms with Gasteiger partial charge in [-0.15, -0.1) is 0 Å². The summed E-state index contributed by atoms with van der Waals surface area (Å²) in [5, 5.41) is 3.82. The number of halogens is 2. The molecule has 1 fully saturated rings. The number of nitrogens with one attached hydrogen (secondary N) is 1. The molecule has 0 spiro atoms. The van der Waals surface area contributed by atoms with Crippen LogP contribution in [-0.4, -0.2) is 35.4 Å². The molecule has 1 saturated carbocycles. The minimum Gasteiger partial charge on any atom is -0.494 e. The molecule has 1 aliphatic rings. The number of ether oxygens (including phenoxy) is 1. The first kappa shape index (κ1) is 27.6. The molecular formula is C31H34ClFN2O3. The minimum atomic E-state index is -0.687. The van der Waals surface area contributed by atoms with Crippen molar-refractivity contribution in [3.63, 3.8) is 0 Å². The van der Waals surface area contributed by atoms with Gasteiger partial charge in [0.05, 0.1) is 6.61 Å². The molecule has 1 N–H and O–H groups in total. The fourth-order valence-corrected chi connectivity index (χ4v) is 4.92. The van der Waals surface area contributed by atoms with Crippen LogP contribution in [-0.2, 0) is 22.6 Å². The van der Waals surface area contributed by atoms with E-state index >= 15 is 0 Å². The lowest BCUT2D eigenvalue weighted by Crippen LogP contribution is -2.52. The molecule has 1 unspecified atom stereocenters. The third-order valence-corrected chi connectivity index (χ3v) is 7.11. The highest BCUT2D eigenvalue weighted by Gasteiger charge is 2.32. The van der Waals surface area contributed by atoms with Crippen LogP contribution in [0.3, 0.4) is 0 Å². The normalized spacial score (nSPS) is 14.2. The molecule has 1 aliphatic carbocycles. The molecule has 38 heavy (non-hydrogen) atoms.